The lowest BCUT2D eigenvalue weighted by Gasteiger charge is -1.99. The number of hydrogen-bond donors (Lipinski definition) is 0. The first kappa shape index (κ1) is 10.2. The first-order chi connectivity index (χ1) is 6.61. The highest BCUT2D eigenvalue weighted by Gasteiger charge is 2.17. The van der Waals surface area contributed by atoms with Crippen molar-refractivity contribution in [3.8, 4) is 0 Å². The van der Waals surface area contributed by atoms with Crippen molar-refractivity contribution in [3.05, 3.63) is 32.5 Å². The molecule has 1 aromatic heterocycles. The smallest absolute Gasteiger partial charge is 0.205 e. The number of hydrogen-bond acceptors (Lipinski definition) is 1. The van der Waals surface area contributed by atoms with Gasteiger partial charge in [-0.2, -0.15) is 0 Å². The molecule has 0 bridgehead atoms. The molecular weight excluding hydrogens is 324 g/mol. The SMILES string of the molecule is Fc1c(I)sc2c(C(F)F)cccc12. The Hall–Kier alpha value is -0.300. The molecule has 0 spiro atoms. The van der Waals surface area contributed by atoms with Crippen molar-refractivity contribution in [2.75, 3.05) is 0 Å². The summed E-state index contributed by atoms with van der Waals surface area (Å²) in [6.45, 7) is 0. The van der Waals surface area contributed by atoms with Crippen molar-refractivity contribution >= 4 is 44.0 Å². The molecule has 5 heteroatoms. The molecule has 0 aliphatic carbocycles. The van der Waals surface area contributed by atoms with Gasteiger partial charge in [0.2, 0.25) is 0 Å². The lowest BCUT2D eigenvalue weighted by Crippen LogP contribution is -1.83. The first-order valence-electron chi connectivity index (χ1n) is 3.76. The molecule has 0 atom stereocenters. The van der Waals surface area contributed by atoms with E-state index in [2.05, 4.69) is 0 Å². The van der Waals surface area contributed by atoms with E-state index < -0.39 is 12.2 Å². The van der Waals surface area contributed by atoms with Crippen molar-refractivity contribution < 1.29 is 13.2 Å². The number of fused-ring (bicyclic) bond motifs is 1. The van der Waals surface area contributed by atoms with Gasteiger partial charge in [0.25, 0.3) is 6.43 Å². The zero-order chi connectivity index (χ0) is 10.3. The second kappa shape index (κ2) is 3.69. The van der Waals surface area contributed by atoms with Crippen LogP contribution in [0.4, 0.5) is 13.2 Å². The molecule has 1 heterocycles. The molecule has 0 nitrogen and oxygen atoms in total. The number of halogens is 4. The summed E-state index contributed by atoms with van der Waals surface area (Å²) in [7, 11) is 0. The molecule has 0 N–H and O–H groups in total. The maximum absolute atomic E-state index is 13.4. The third-order valence-electron chi connectivity index (χ3n) is 1.88. The number of benzene rings is 1. The van der Waals surface area contributed by atoms with Crippen LogP contribution < -0.4 is 0 Å². The van der Waals surface area contributed by atoms with Crippen LogP contribution >= 0.6 is 33.9 Å². The zero-order valence-electron chi connectivity index (χ0n) is 6.73. The Balaban J connectivity index is 2.81. The molecular formula is C9H4F3IS. The fourth-order valence-corrected chi connectivity index (χ4v) is 3.13. The van der Waals surface area contributed by atoms with Crippen LogP contribution in [-0.4, -0.2) is 0 Å². The summed E-state index contributed by atoms with van der Waals surface area (Å²) in [6.07, 6.45) is -2.55. The van der Waals surface area contributed by atoms with Gasteiger partial charge >= 0.3 is 0 Å². The van der Waals surface area contributed by atoms with E-state index in [1.54, 1.807) is 0 Å². The molecule has 0 fully saturated rings. The second-order valence-corrected chi connectivity index (χ2v) is 5.55. The second-order valence-electron chi connectivity index (χ2n) is 2.71. The summed E-state index contributed by atoms with van der Waals surface area (Å²) in [4.78, 5) is 0. The standard InChI is InChI=1S/C9H4F3IS/c10-6-4-2-1-3-5(8(11)12)7(4)14-9(6)13/h1-3,8H. The van der Waals surface area contributed by atoms with Crippen molar-refractivity contribution in [2.24, 2.45) is 0 Å². The van der Waals surface area contributed by atoms with E-state index in [9.17, 15) is 13.2 Å². The van der Waals surface area contributed by atoms with E-state index >= 15 is 0 Å². The quantitative estimate of drug-likeness (QED) is 0.672. The highest BCUT2D eigenvalue weighted by molar-refractivity contribution is 14.1. The monoisotopic (exact) mass is 328 g/mol. The first-order valence-corrected chi connectivity index (χ1v) is 5.65. The van der Waals surface area contributed by atoms with Gasteiger partial charge in [0.05, 0.1) is 0 Å². The summed E-state index contributed by atoms with van der Waals surface area (Å²) in [5.74, 6) is -0.395. The molecule has 2 aromatic rings. The molecule has 0 saturated carbocycles. The molecule has 0 aliphatic heterocycles. The number of thiophene rings is 1. The fraction of sp³-hybridized carbons (Fsp3) is 0.111. The maximum atomic E-state index is 13.4. The van der Waals surface area contributed by atoms with Gasteiger partial charge in [-0.1, -0.05) is 18.2 Å². The van der Waals surface area contributed by atoms with Crippen molar-refractivity contribution in [1.82, 2.24) is 0 Å². The van der Waals surface area contributed by atoms with E-state index in [4.69, 9.17) is 0 Å². The minimum atomic E-state index is -2.55. The normalized spacial score (nSPS) is 11.5. The van der Waals surface area contributed by atoms with Gasteiger partial charge in [-0.15, -0.1) is 11.3 Å². The average molecular weight is 328 g/mol. The maximum Gasteiger partial charge on any atom is 0.265 e. The highest BCUT2D eigenvalue weighted by Crippen LogP contribution is 2.36. The minimum Gasteiger partial charge on any atom is -0.205 e. The van der Waals surface area contributed by atoms with E-state index in [1.807, 2.05) is 22.6 Å². The predicted molar refractivity (Wildman–Crippen MR) is 59.5 cm³/mol. The van der Waals surface area contributed by atoms with E-state index in [-0.39, 0.29) is 10.9 Å². The van der Waals surface area contributed by atoms with Crippen molar-refractivity contribution in [3.63, 3.8) is 0 Å². The highest BCUT2D eigenvalue weighted by atomic mass is 127. The van der Waals surface area contributed by atoms with Crippen LogP contribution in [0, 0.1) is 8.70 Å². The lowest BCUT2D eigenvalue weighted by molar-refractivity contribution is 0.153. The van der Waals surface area contributed by atoms with Crippen LogP contribution in [0.2, 0.25) is 0 Å². The zero-order valence-corrected chi connectivity index (χ0v) is 9.70. The van der Waals surface area contributed by atoms with Gasteiger partial charge in [-0.3, -0.25) is 0 Å². The molecule has 74 valence electrons. The number of rotatable bonds is 1. The molecule has 0 saturated heterocycles. The molecule has 2 rings (SSSR count). The Morgan fingerprint density at radius 2 is 2.00 bits per heavy atom. The summed E-state index contributed by atoms with van der Waals surface area (Å²) in [5.41, 5.74) is -0.0886. The average Bonchev–Trinajstić information content (AvgIpc) is 2.43. The van der Waals surface area contributed by atoms with Crippen LogP contribution in [-0.2, 0) is 0 Å². The molecule has 0 amide bonds. The van der Waals surface area contributed by atoms with Gasteiger partial charge < -0.3 is 0 Å². The Morgan fingerprint density at radius 3 is 2.64 bits per heavy atom. The Kier molecular flexibility index (Phi) is 2.70. The third-order valence-corrected chi connectivity index (χ3v) is 4.03. The van der Waals surface area contributed by atoms with Crippen LogP contribution in [0.25, 0.3) is 10.1 Å². The largest absolute Gasteiger partial charge is 0.265 e. The van der Waals surface area contributed by atoms with Crippen LogP contribution in [0.5, 0.6) is 0 Å². The van der Waals surface area contributed by atoms with Gasteiger partial charge in [0.1, 0.15) is 2.88 Å². The van der Waals surface area contributed by atoms with Gasteiger partial charge in [0, 0.05) is 15.6 Å². The predicted octanol–water partition coefficient (Wildman–Crippen LogP) is 4.58. The van der Waals surface area contributed by atoms with Gasteiger partial charge in [0.15, 0.2) is 5.82 Å². The van der Waals surface area contributed by atoms with Crippen LogP contribution in [0.15, 0.2) is 18.2 Å². The van der Waals surface area contributed by atoms with Crippen LogP contribution in [0.3, 0.4) is 0 Å². The van der Waals surface area contributed by atoms with Crippen molar-refractivity contribution in [2.45, 2.75) is 6.43 Å². The minimum absolute atomic E-state index is 0.0886. The van der Waals surface area contributed by atoms with E-state index in [0.717, 1.165) is 11.3 Å². The summed E-state index contributed by atoms with van der Waals surface area (Å²) >= 11 is 2.88. The summed E-state index contributed by atoms with van der Waals surface area (Å²) in [6, 6.07) is 4.31. The summed E-state index contributed by atoms with van der Waals surface area (Å²) in [5, 5.41) is 0.289. The Labute approximate surface area is 95.9 Å². The molecule has 0 aliphatic rings. The molecule has 0 unspecified atom stereocenters. The molecule has 1 aromatic carbocycles. The van der Waals surface area contributed by atoms with Crippen molar-refractivity contribution in [1.29, 1.82) is 0 Å². The Bertz CT molecular complexity index is 478. The van der Waals surface area contributed by atoms with Gasteiger partial charge in [-0.05, 0) is 22.6 Å². The van der Waals surface area contributed by atoms with Gasteiger partial charge in [-0.25, -0.2) is 13.2 Å². The molecule has 14 heavy (non-hydrogen) atoms. The topological polar surface area (TPSA) is 0 Å². The van der Waals surface area contributed by atoms with E-state index in [0.29, 0.717) is 7.58 Å². The lowest BCUT2D eigenvalue weighted by atomic mass is 10.2. The van der Waals surface area contributed by atoms with Crippen LogP contribution in [0.1, 0.15) is 12.0 Å². The third kappa shape index (κ3) is 1.52. The summed E-state index contributed by atoms with van der Waals surface area (Å²) < 4.78 is 39.2. The van der Waals surface area contributed by atoms with E-state index in [1.165, 1.54) is 18.2 Å². The number of alkyl halides is 2. The Morgan fingerprint density at radius 1 is 1.29 bits per heavy atom. The molecule has 0 radical (unpaired) electrons. The fourth-order valence-electron chi connectivity index (χ4n) is 1.25.